The third kappa shape index (κ3) is 2.79. The smallest absolute Gasteiger partial charge is 0.207 e. The second-order valence-electron chi connectivity index (χ2n) is 5.31. The predicted octanol–water partition coefficient (Wildman–Crippen LogP) is 4.44. The predicted molar refractivity (Wildman–Crippen MR) is 96.9 cm³/mol. The van der Waals surface area contributed by atoms with Gasteiger partial charge in [0.15, 0.2) is 5.82 Å². The highest BCUT2D eigenvalue weighted by atomic mass is 32.1. The van der Waals surface area contributed by atoms with Crippen LogP contribution in [0.1, 0.15) is 5.69 Å². The van der Waals surface area contributed by atoms with Gasteiger partial charge in [0.2, 0.25) is 5.13 Å². The van der Waals surface area contributed by atoms with Crippen LogP contribution in [0.4, 0.5) is 10.8 Å². The fourth-order valence-corrected chi connectivity index (χ4v) is 3.09. The van der Waals surface area contributed by atoms with Crippen LogP contribution in [0.2, 0.25) is 0 Å². The minimum absolute atomic E-state index is 0.693. The van der Waals surface area contributed by atoms with E-state index in [-0.39, 0.29) is 0 Å². The fraction of sp³-hybridized carbons (Fsp3) is 0.0556. The molecule has 2 aromatic carbocycles. The van der Waals surface area contributed by atoms with Gasteiger partial charge < -0.3 is 5.32 Å². The van der Waals surface area contributed by atoms with E-state index in [2.05, 4.69) is 19.8 Å². The molecule has 0 unspecified atom stereocenters. The summed E-state index contributed by atoms with van der Waals surface area (Å²) in [7, 11) is 0. The molecule has 5 nitrogen and oxygen atoms in total. The van der Waals surface area contributed by atoms with Gasteiger partial charge in [-0.05, 0) is 31.2 Å². The summed E-state index contributed by atoms with van der Waals surface area (Å²) in [4.78, 5) is 4.59. The maximum atomic E-state index is 4.59. The van der Waals surface area contributed by atoms with E-state index in [4.69, 9.17) is 0 Å². The van der Waals surface area contributed by atoms with Crippen LogP contribution in [0.25, 0.3) is 17.1 Å². The second-order valence-corrected chi connectivity index (χ2v) is 6.06. The number of para-hydroxylation sites is 2. The number of rotatable bonds is 4. The molecule has 0 aliphatic heterocycles. The Morgan fingerprint density at radius 2 is 1.67 bits per heavy atom. The summed E-state index contributed by atoms with van der Waals surface area (Å²) in [5.41, 5.74) is 3.98. The number of nitrogens with zero attached hydrogens (tertiary/aromatic N) is 4. The van der Waals surface area contributed by atoms with Crippen LogP contribution in [-0.4, -0.2) is 19.1 Å². The molecule has 118 valence electrons. The van der Waals surface area contributed by atoms with E-state index in [9.17, 15) is 0 Å². The largest absolute Gasteiger partial charge is 0.330 e. The van der Waals surface area contributed by atoms with Crippen LogP contribution in [0, 0.1) is 6.92 Å². The van der Waals surface area contributed by atoms with E-state index in [1.807, 2.05) is 78.5 Å². The average Bonchev–Trinajstić information content (AvgIpc) is 3.23. The molecule has 0 radical (unpaired) electrons. The summed E-state index contributed by atoms with van der Waals surface area (Å²) >= 11 is 1.34. The molecule has 4 rings (SSSR count). The number of hydrogen-bond donors (Lipinski definition) is 1. The van der Waals surface area contributed by atoms with Crippen molar-refractivity contribution < 1.29 is 0 Å². The van der Waals surface area contributed by atoms with Crippen LogP contribution in [0.3, 0.4) is 0 Å². The third-order valence-electron chi connectivity index (χ3n) is 3.70. The Bertz CT molecular complexity index is 944. The zero-order valence-electron chi connectivity index (χ0n) is 13.0. The van der Waals surface area contributed by atoms with Crippen LogP contribution >= 0.6 is 11.5 Å². The van der Waals surface area contributed by atoms with E-state index in [1.165, 1.54) is 11.5 Å². The summed E-state index contributed by atoms with van der Waals surface area (Å²) in [6, 6.07) is 20.0. The van der Waals surface area contributed by atoms with Gasteiger partial charge >= 0.3 is 0 Å². The lowest BCUT2D eigenvalue weighted by molar-refractivity contribution is 0.847. The molecule has 0 aliphatic rings. The van der Waals surface area contributed by atoms with Crippen molar-refractivity contribution in [1.29, 1.82) is 0 Å². The lowest BCUT2D eigenvalue weighted by Gasteiger charge is -2.04. The number of benzene rings is 2. The van der Waals surface area contributed by atoms with Gasteiger partial charge in [0, 0.05) is 17.2 Å². The van der Waals surface area contributed by atoms with Gasteiger partial charge in [-0.1, -0.05) is 36.4 Å². The Morgan fingerprint density at radius 1 is 0.958 bits per heavy atom. The minimum Gasteiger partial charge on any atom is -0.330 e. The Kier molecular flexibility index (Phi) is 3.80. The summed E-state index contributed by atoms with van der Waals surface area (Å²) in [6.45, 7) is 2.03. The van der Waals surface area contributed by atoms with Crippen molar-refractivity contribution in [2.75, 3.05) is 5.32 Å². The van der Waals surface area contributed by atoms with E-state index >= 15 is 0 Å². The summed E-state index contributed by atoms with van der Waals surface area (Å²) in [6.07, 6.45) is 1.82. The summed E-state index contributed by atoms with van der Waals surface area (Å²) in [5.74, 6) is 0.693. The average molecular weight is 333 g/mol. The quantitative estimate of drug-likeness (QED) is 0.600. The highest BCUT2D eigenvalue weighted by Crippen LogP contribution is 2.27. The first-order valence-electron chi connectivity index (χ1n) is 7.57. The molecule has 1 N–H and O–H groups in total. The fourth-order valence-electron chi connectivity index (χ4n) is 2.49. The van der Waals surface area contributed by atoms with Gasteiger partial charge in [0.25, 0.3) is 0 Å². The Labute approximate surface area is 143 Å². The first kappa shape index (κ1) is 14.6. The summed E-state index contributed by atoms with van der Waals surface area (Å²) < 4.78 is 6.37. The van der Waals surface area contributed by atoms with E-state index in [0.717, 1.165) is 27.8 Å². The van der Waals surface area contributed by atoms with Crippen LogP contribution < -0.4 is 5.32 Å². The minimum atomic E-state index is 0.693. The van der Waals surface area contributed by atoms with Crippen LogP contribution in [-0.2, 0) is 0 Å². The molecule has 0 atom stereocenters. The maximum Gasteiger partial charge on any atom is 0.207 e. The Balaban J connectivity index is 1.62. The molecule has 0 aliphatic carbocycles. The van der Waals surface area contributed by atoms with Crippen molar-refractivity contribution in [3.63, 3.8) is 0 Å². The molecule has 0 spiro atoms. The number of nitrogens with one attached hydrogen (secondary N) is 1. The van der Waals surface area contributed by atoms with Crippen molar-refractivity contribution >= 4 is 22.4 Å². The molecule has 0 bridgehead atoms. The maximum absolute atomic E-state index is 4.59. The van der Waals surface area contributed by atoms with Crippen molar-refractivity contribution in [2.24, 2.45) is 0 Å². The first-order chi connectivity index (χ1) is 11.8. The molecule has 6 heteroatoms. The van der Waals surface area contributed by atoms with Crippen molar-refractivity contribution in [1.82, 2.24) is 19.1 Å². The third-order valence-corrected chi connectivity index (χ3v) is 4.33. The Hall–Kier alpha value is -2.99. The number of anilines is 2. The zero-order chi connectivity index (χ0) is 16.4. The molecule has 0 saturated carbocycles. The first-order valence-corrected chi connectivity index (χ1v) is 8.35. The van der Waals surface area contributed by atoms with E-state index in [1.54, 1.807) is 0 Å². The molecule has 4 aromatic rings. The highest BCUT2D eigenvalue weighted by molar-refractivity contribution is 7.09. The summed E-state index contributed by atoms with van der Waals surface area (Å²) in [5, 5.41) is 8.51. The Morgan fingerprint density at radius 3 is 2.42 bits per heavy atom. The van der Waals surface area contributed by atoms with Gasteiger partial charge in [-0.3, -0.25) is 0 Å². The van der Waals surface area contributed by atoms with Gasteiger partial charge in [-0.15, -0.1) is 0 Å². The molecular formula is C18H15N5S. The molecule has 0 amide bonds. The molecule has 2 aromatic heterocycles. The second kappa shape index (κ2) is 6.25. The molecular weight excluding hydrogens is 318 g/mol. The van der Waals surface area contributed by atoms with Gasteiger partial charge in [-0.2, -0.15) is 14.5 Å². The molecule has 0 saturated heterocycles. The van der Waals surface area contributed by atoms with E-state index in [0.29, 0.717) is 5.82 Å². The zero-order valence-corrected chi connectivity index (χ0v) is 13.9. The topological polar surface area (TPSA) is 55.6 Å². The van der Waals surface area contributed by atoms with E-state index < -0.39 is 0 Å². The van der Waals surface area contributed by atoms with Gasteiger partial charge in [-0.25, -0.2) is 4.68 Å². The standard InChI is InChI=1S/C18H15N5S/c1-13-16(12-19-23(13)15-10-6-3-7-11-15)17-21-18(24-22-17)20-14-8-4-2-5-9-14/h2-12H,1H3,(H,20,21,22). The van der Waals surface area contributed by atoms with Crippen molar-refractivity contribution in [3.8, 4) is 17.1 Å². The van der Waals surface area contributed by atoms with Crippen LogP contribution in [0.15, 0.2) is 66.9 Å². The van der Waals surface area contributed by atoms with Gasteiger partial charge in [0.05, 0.1) is 23.1 Å². The molecule has 0 fully saturated rings. The lowest BCUT2D eigenvalue weighted by Crippen LogP contribution is -1.98. The van der Waals surface area contributed by atoms with Gasteiger partial charge in [0.1, 0.15) is 0 Å². The SMILES string of the molecule is Cc1c(-c2nsc(Nc3ccccc3)n2)cnn1-c1ccccc1. The number of hydrogen-bond acceptors (Lipinski definition) is 5. The lowest BCUT2D eigenvalue weighted by atomic mass is 10.2. The monoisotopic (exact) mass is 333 g/mol. The highest BCUT2D eigenvalue weighted by Gasteiger charge is 2.14. The normalized spacial score (nSPS) is 10.7. The molecule has 24 heavy (non-hydrogen) atoms. The van der Waals surface area contributed by atoms with Crippen molar-refractivity contribution in [2.45, 2.75) is 6.92 Å². The molecule has 2 heterocycles. The van der Waals surface area contributed by atoms with Crippen LogP contribution in [0.5, 0.6) is 0 Å². The number of aromatic nitrogens is 4. The van der Waals surface area contributed by atoms with Crippen molar-refractivity contribution in [3.05, 3.63) is 72.6 Å².